The van der Waals surface area contributed by atoms with Crippen LogP contribution in [0.5, 0.6) is 0 Å². The van der Waals surface area contributed by atoms with Gasteiger partial charge in [-0.25, -0.2) is 14.4 Å². The molecule has 0 fully saturated rings. The highest BCUT2D eigenvalue weighted by Gasteiger charge is 2.17. The summed E-state index contributed by atoms with van der Waals surface area (Å²) in [5, 5.41) is 7.01. The second-order valence-electron chi connectivity index (χ2n) is 6.96. The number of hydrogen-bond acceptors (Lipinski definition) is 6. The molecule has 27 heavy (non-hydrogen) atoms. The van der Waals surface area contributed by atoms with Crippen LogP contribution in [0.4, 0.5) is 15.3 Å². The molecule has 0 saturated carbocycles. The van der Waals surface area contributed by atoms with Crippen molar-refractivity contribution in [3.05, 3.63) is 29.8 Å². The topological polar surface area (TPSA) is 123 Å². The Balaban J connectivity index is 2.57. The molecule has 0 heterocycles. The molecule has 0 aliphatic heterocycles. The molecule has 0 bridgehead atoms. The smallest absolute Gasteiger partial charge is 0.412 e. The van der Waals surface area contributed by atoms with Gasteiger partial charge in [0.2, 0.25) is 0 Å². The lowest BCUT2D eigenvalue weighted by Crippen LogP contribution is -2.44. The van der Waals surface area contributed by atoms with E-state index in [4.69, 9.17) is 9.47 Å². The van der Waals surface area contributed by atoms with Gasteiger partial charge >= 0.3 is 18.1 Å². The minimum Gasteiger partial charge on any atom is -0.452 e. The van der Waals surface area contributed by atoms with Gasteiger partial charge < -0.3 is 14.8 Å². The second-order valence-corrected chi connectivity index (χ2v) is 6.96. The van der Waals surface area contributed by atoms with Crippen molar-refractivity contribution in [2.45, 2.75) is 46.3 Å². The first-order chi connectivity index (χ1) is 12.5. The van der Waals surface area contributed by atoms with Crippen molar-refractivity contribution in [1.29, 1.82) is 0 Å². The average Bonchev–Trinajstić information content (AvgIpc) is 2.50. The van der Waals surface area contributed by atoms with Crippen LogP contribution in [0.2, 0.25) is 0 Å². The summed E-state index contributed by atoms with van der Waals surface area (Å²) < 4.78 is 9.99. The third kappa shape index (κ3) is 9.24. The molecule has 1 aromatic carbocycles. The zero-order chi connectivity index (χ0) is 20.6. The molecule has 3 N–H and O–H groups in total. The number of benzene rings is 1. The Morgan fingerprint density at radius 1 is 1.11 bits per heavy atom. The summed E-state index contributed by atoms with van der Waals surface area (Å²) >= 11 is 0. The van der Waals surface area contributed by atoms with Crippen molar-refractivity contribution < 1.29 is 28.7 Å². The number of esters is 1. The summed E-state index contributed by atoms with van der Waals surface area (Å²) in [5.74, 6) is -1.54. The van der Waals surface area contributed by atoms with Crippen molar-refractivity contribution >= 4 is 29.7 Å². The molecule has 0 unspecified atom stereocenters. The van der Waals surface area contributed by atoms with Crippen molar-refractivity contribution in [2.75, 3.05) is 11.9 Å². The number of nitrogens with one attached hydrogen (secondary N) is 3. The molecule has 1 aromatic rings. The summed E-state index contributed by atoms with van der Waals surface area (Å²) in [5.41, 5.74) is -0.196. The van der Waals surface area contributed by atoms with Gasteiger partial charge in [0.25, 0.3) is 5.91 Å². The van der Waals surface area contributed by atoms with Gasteiger partial charge in [0.1, 0.15) is 5.60 Å². The summed E-state index contributed by atoms with van der Waals surface area (Å²) in [7, 11) is 0. The summed E-state index contributed by atoms with van der Waals surface area (Å²) in [6.45, 7) is 8.05. The zero-order valence-electron chi connectivity index (χ0n) is 16.0. The summed E-state index contributed by atoms with van der Waals surface area (Å²) in [6.07, 6.45) is -0.663. The van der Waals surface area contributed by atoms with Gasteiger partial charge in [0.05, 0.1) is 5.56 Å². The van der Waals surface area contributed by atoms with Gasteiger partial charge in [-0.15, -0.1) is 0 Å². The number of anilines is 1. The number of carbonyl (C=O) groups excluding carboxylic acids is 4. The van der Waals surface area contributed by atoms with Crippen molar-refractivity contribution in [2.24, 2.45) is 0 Å². The Morgan fingerprint density at radius 3 is 2.37 bits per heavy atom. The zero-order valence-corrected chi connectivity index (χ0v) is 16.0. The van der Waals surface area contributed by atoms with Crippen LogP contribution in [0.1, 0.15) is 45.0 Å². The Morgan fingerprint density at radius 2 is 1.78 bits per heavy atom. The van der Waals surface area contributed by atoms with Gasteiger partial charge in [0, 0.05) is 11.7 Å². The fourth-order valence-electron chi connectivity index (χ4n) is 1.82. The molecule has 0 atom stereocenters. The Kier molecular flexibility index (Phi) is 7.77. The standard InChI is InChI=1S/C18H25N3O6/c1-11(2)19-16(24)21-14(22)10-26-15(23)12-7-6-8-13(9-12)20-17(25)27-18(3,4)5/h6-9,11H,10H2,1-5H3,(H,20,25)(H2,19,21,22,24). The number of rotatable bonds is 5. The van der Waals surface area contributed by atoms with E-state index in [0.717, 1.165) is 0 Å². The van der Waals surface area contributed by atoms with Crippen LogP contribution in [-0.4, -0.2) is 42.3 Å². The Labute approximate surface area is 157 Å². The second kappa shape index (κ2) is 9.56. The predicted molar refractivity (Wildman–Crippen MR) is 98.4 cm³/mol. The van der Waals surface area contributed by atoms with Gasteiger partial charge in [-0.3, -0.25) is 15.4 Å². The lowest BCUT2D eigenvalue weighted by Gasteiger charge is -2.19. The normalized spacial score (nSPS) is 10.7. The fraction of sp³-hybridized carbons (Fsp3) is 0.444. The minimum absolute atomic E-state index is 0.128. The monoisotopic (exact) mass is 379 g/mol. The molecular weight excluding hydrogens is 354 g/mol. The summed E-state index contributed by atoms with van der Waals surface area (Å²) in [4.78, 5) is 46.8. The van der Waals surface area contributed by atoms with Gasteiger partial charge in [-0.05, 0) is 52.8 Å². The lowest BCUT2D eigenvalue weighted by atomic mass is 10.2. The largest absolute Gasteiger partial charge is 0.452 e. The molecule has 9 nitrogen and oxygen atoms in total. The first-order valence-corrected chi connectivity index (χ1v) is 8.34. The van der Waals surface area contributed by atoms with Crippen LogP contribution in [0.3, 0.4) is 0 Å². The van der Waals surface area contributed by atoms with Crippen molar-refractivity contribution in [3.8, 4) is 0 Å². The third-order valence-corrected chi connectivity index (χ3v) is 2.75. The van der Waals surface area contributed by atoms with E-state index < -0.39 is 36.2 Å². The molecule has 4 amide bonds. The van der Waals surface area contributed by atoms with Crippen LogP contribution >= 0.6 is 0 Å². The van der Waals surface area contributed by atoms with Gasteiger partial charge in [0.15, 0.2) is 6.61 Å². The summed E-state index contributed by atoms with van der Waals surface area (Å²) in [6, 6.07) is 5.15. The average molecular weight is 379 g/mol. The first-order valence-electron chi connectivity index (χ1n) is 8.34. The van der Waals surface area contributed by atoms with E-state index >= 15 is 0 Å². The number of ether oxygens (including phenoxy) is 2. The molecule has 0 aromatic heterocycles. The van der Waals surface area contributed by atoms with Crippen LogP contribution in [0, 0.1) is 0 Å². The van der Waals surface area contributed by atoms with Gasteiger partial charge in [-0.1, -0.05) is 6.07 Å². The minimum atomic E-state index is -0.776. The quantitative estimate of drug-likeness (QED) is 0.675. The molecule has 148 valence electrons. The molecule has 1 rings (SSSR count). The number of imide groups is 1. The van der Waals surface area contributed by atoms with E-state index in [9.17, 15) is 19.2 Å². The van der Waals surface area contributed by atoms with E-state index in [0.29, 0.717) is 5.69 Å². The molecule has 0 aliphatic carbocycles. The highest BCUT2D eigenvalue weighted by molar-refractivity contribution is 5.97. The SMILES string of the molecule is CC(C)NC(=O)NC(=O)COC(=O)c1cccc(NC(=O)OC(C)(C)C)c1. The van der Waals surface area contributed by atoms with E-state index in [-0.39, 0.29) is 11.6 Å². The molecule has 9 heteroatoms. The van der Waals surface area contributed by atoms with Gasteiger partial charge in [-0.2, -0.15) is 0 Å². The number of carbonyl (C=O) groups is 4. The third-order valence-electron chi connectivity index (χ3n) is 2.75. The maximum absolute atomic E-state index is 12.0. The maximum atomic E-state index is 12.0. The van der Waals surface area contributed by atoms with Crippen LogP contribution in [0.25, 0.3) is 0 Å². The molecule has 0 saturated heterocycles. The number of urea groups is 1. The maximum Gasteiger partial charge on any atom is 0.412 e. The molecule has 0 radical (unpaired) electrons. The van der Waals surface area contributed by atoms with Crippen LogP contribution in [-0.2, 0) is 14.3 Å². The molecule has 0 aliphatic rings. The Bertz CT molecular complexity index is 709. The number of amides is 4. The van der Waals surface area contributed by atoms with E-state index in [1.807, 2.05) is 5.32 Å². The van der Waals surface area contributed by atoms with E-state index in [1.165, 1.54) is 12.1 Å². The van der Waals surface area contributed by atoms with Crippen LogP contribution < -0.4 is 16.0 Å². The highest BCUT2D eigenvalue weighted by Crippen LogP contribution is 2.14. The van der Waals surface area contributed by atoms with Crippen molar-refractivity contribution in [1.82, 2.24) is 10.6 Å². The van der Waals surface area contributed by atoms with Crippen molar-refractivity contribution in [3.63, 3.8) is 0 Å². The predicted octanol–water partition coefficient (Wildman–Crippen LogP) is 2.42. The molecule has 0 spiro atoms. The first kappa shape index (κ1) is 21.9. The molecular formula is C18H25N3O6. The number of hydrogen-bond donors (Lipinski definition) is 3. The van der Waals surface area contributed by atoms with Crippen LogP contribution in [0.15, 0.2) is 24.3 Å². The highest BCUT2D eigenvalue weighted by atomic mass is 16.6. The van der Waals surface area contributed by atoms with E-state index in [1.54, 1.807) is 46.8 Å². The van der Waals surface area contributed by atoms with E-state index in [2.05, 4.69) is 10.6 Å². The fourth-order valence-corrected chi connectivity index (χ4v) is 1.82. The Hall–Kier alpha value is -3.10. The lowest BCUT2D eigenvalue weighted by molar-refractivity contribution is -0.123.